The van der Waals surface area contributed by atoms with E-state index in [1.54, 1.807) is 85.5 Å². The van der Waals surface area contributed by atoms with Crippen LogP contribution in [0, 0.1) is 0 Å². The maximum atomic E-state index is 13.3. The molecule has 0 unspecified atom stereocenters. The average molecular weight is 561 g/mol. The zero-order valence-corrected chi connectivity index (χ0v) is 23.0. The SMILES string of the molecule is CCOc1cc(C=C(O[PH](=O)OC(=Cc2ccc(O)c(OCC)c2)c2cccnc2)c2cccnc2)ccc1O. The van der Waals surface area contributed by atoms with Crippen LogP contribution in [0.3, 0.4) is 0 Å². The predicted molar refractivity (Wildman–Crippen MR) is 154 cm³/mol. The molecule has 2 heterocycles. The molecule has 0 bridgehead atoms. The van der Waals surface area contributed by atoms with Crippen molar-refractivity contribution in [3.63, 3.8) is 0 Å². The molecule has 0 saturated carbocycles. The molecule has 0 saturated heterocycles. The van der Waals surface area contributed by atoms with E-state index >= 15 is 0 Å². The van der Waals surface area contributed by atoms with Crippen LogP contribution in [0.2, 0.25) is 0 Å². The van der Waals surface area contributed by atoms with Crippen molar-refractivity contribution in [1.29, 1.82) is 0 Å². The number of benzene rings is 2. The van der Waals surface area contributed by atoms with Gasteiger partial charge in [-0.25, -0.2) is 4.57 Å². The molecular weight excluding hydrogens is 531 g/mol. The lowest BCUT2D eigenvalue weighted by Gasteiger charge is -2.14. The van der Waals surface area contributed by atoms with Gasteiger partial charge in [-0.05, 0) is 85.7 Å². The van der Waals surface area contributed by atoms with Crippen LogP contribution in [-0.2, 0) is 13.6 Å². The van der Waals surface area contributed by atoms with Gasteiger partial charge < -0.3 is 28.7 Å². The maximum absolute atomic E-state index is 13.3. The number of ether oxygens (including phenoxy) is 2. The van der Waals surface area contributed by atoms with Gasteiger partial charge in [0.2, 0.25) is 0 Å². The fourth-order valence-electron chi connectivity index (χ4n) is 3.65. The van der Waals surface area contributed by atoms with Gasteiger partial charge in [-0.2, -0.15) is 0 Å². The van der Waals surface area contributed by atoms with E-state index in [-0.39, 0.29) is 23.0 Å². The van der Waals surface area contributed by atoms with Crippen LogP contribution >= 0.6 is 8.25 Å². The normalized spacial score (nSPS) is 12.4. The van der Waals surface area contributed by atoms with Crippen LogP contribution in [0.5, 0.6) is 23.0 Å². The summed E-state index contributed by atoms with van der Waals surface area (Å²) in [5, 5.41) is 20.1. The summed E-state index contributed by atoms with van der Waals surface area (Å²) in [5.74, 6) is 1.14. The summed E-state index contributed by atoms with van der Waals surface area (Å²) in [5.41, 5.74) is 2.43. The highest BCUT2D eigenvalue weighted by atomic mass is 31.1. The van der Waals surface area contributed by atoms with Crippen molar-refractivity contribution in [2.24, 2.45) is 0 Å². The van der Waals surface area contributed by atoms with Crippen molar-refractivity contribution < 1.29 is 33.3 Å². The molecular formula is C30H29N2O7P. The lowest BCUT2D eigenvalue weighted by atomic mass is 10.1. The highest BCUT2D eigenvalue weighted by Gasteiger charge is 2.15. The zero-order valence-electron chi connectivity index (χ0n) is 22.0. The fourth-order valence-corrected chi connectivity index (χ4v) is 4.40. The van der Waals surface area contributed by atoms with Gasteiger partial charge in [0.05, 0.1) is 13.2 Å². The topological polar surface area (TPSA) is 120 Å². The third-order valence-electron chi connectivity index (χ3n) is 5.44. The van der Waals surface area contributed by atoms with Crippen molar-refractivity contribution >= 4 is 31.9 Å². The van der Waals surface area contributed by atoms with Gasteiger partial charge in [-0.15, -0.1) is 0 Å². The lowest BCUT2D eigenvalue weighted by Crippen LogP contribution is -1.94. The lowest BCUT2D eigenvalue weighted by molar-refractivity contribution is 0.318. The molecule has 2 aromatic heterocycles. The minimum atomic E-state index is -3.18. The zero-order chi connectivity index (χ0) is 28.3. The summed E-state index contributed by atoms with van der Waals surface area (Å²) in [4.78, 5) is 8.28. The standard InChI is InChI=1S/C30H29N2O7P/c1-3-36-29-17-21(9-11-25(29)33)15-27(23-7-5-13-31-19-23)38-40(35)39-28(24-8-6-14-32-20-24)16-22-10-12-26(34)30(18-22)37-4-2/h5-20,33-34,40H,3-4H2,1-2H3. The summed E-state index contributed by atoms with van der Waals surface area (Å²) < 4.78 is 36.0. The number of nitrogens with zero attached hydrogens (tertiary/aromatic N) is 2. The van der Waals surface area contributed by atoms with E-state index in [2.05, 4.69) is 9.97 Å². The van der Waals surface area contributed by atoms with E-state index in [0.29, 0.717) is 47.0 Å². The van der Waals surface area contributed by atoms with Crippen molar-refractivity contribution in [3.8, 4) is 23.0 Å². The van der Waals surface area contributed by atoms with Gasteiger partial charge in [0.15, 0.2) is 23.0 Å². The molecule has 0 aliphatic heterocycles. The molecule has 2 N–H and O–H groups in total. The largest absolute Gasteiger partial charge is 0.504 e. The number of phenolic OH excluding ortho intramolecular Hbond substituents is 2. The first kappa shape index (κ1) is 28.3. The first-order valence-corrected chi connectivity index (χ1v) is 13.7. The molecule has 0 aliphatic rings. The molecule has 4 aromatic rings. The smallest absolute Gasteiger partial charge is 0.419 e. The van der Waals surface area contributed by atoms with E-state index in [1.165, 1.54) is 12.1 Å². The summed E-state index contributed by atoms with van der Waals surface area (Å²) >= 11 is 0. The Balaban J connectivity index is 1.66. The van der Waals surface area contributed by atoms with Crippen LogP contribution in [0.1, 0.15) is 36.1 Å². The Labute approximate surface area is 233 Å². The van der Waals surface area contributed by atoms with Crippen molar-refractivity contribution in [3.05, 3.63) is 108 Å². The first-order valence-electron chi connectivity index (χ1n) is 12.5. The van der Waals surface area contributed by atoms with Crippen LogP contribution in [-0.4, -0.2) is 33.4 Å². The summed E-state index contributed by atoms with van der Waals surface area (Å²) in [6, 6.07) is 16.7. The Morgan fingerprint density at radius 2 is 1.20 bits per heavy atom. The molecule has 0 amide bonds. The Morgan fingerprint density at radius 1 is 0.750 bits per heavy atom. The number of pyridine rings is 2. The van der Waals surface area contributed by atoms with Crippen LogP contribution < -0.4 is 9.47 Å². The van der Waals surface area contributed by atoms with Gasteiger partial charge in [0, 0.05) is 35.9 Å². The first-order chi connectivity index (χ1) is 19.5. The highest BCUT2D eigenvalue weighted by molar-refractivity contribution is 7.34. The van der Waals surface area contributed by atoms with Gasteiger partial charge in [0.1, 0.15) is 11.5 Å². The van der Waals surface area contributed by atoms with Gasteiger partial charge in [-0.1, -0.05) is 12.1 Å². The third kappa shape index (κ3) is 7.65. The molecule has 9 nitrogen and oxygen atoms in total. The molecule has 10 heteroatoms. The number of aromatic nitrogens is 2. The molecule has 0 spiro atoms. The maximum Gasteiger partial charge on any atom is 0.419 e. The Hall–Kier alpha value is -4.75. The van der Waals surface area contributed by atoms with E-state index < -0.39 is 8.25 Å². The molecule has 0 radical (unpaired) electrons. The molecule has 40 heavy (non-hydrogen) atoms. The van der Waals surface area contributed by atoms with E-state index in [4.69, 9.17) is 18.5 Å². The molecule has 4 rings (SSSR count). The fraction of sp³-hybridized carbons (Fsp3) is 0.133. The Bertz CT molecular complexity index is 1400. The van der Waals surface area contributed by atoms with E-state index in [1.807, 2.05) is 13.8 Å². The van der Waals surface area contributed by atoms with Gasteiger partial charge >= 0.3 is 8.25 Å². The van der Waals surface area contributed by atoms with Gasteiger partial charge in [-0.3, -0.25) is 9.97 Å². The van der Waals surface area contributed by atoms with Crippen molar-refractivity contribution in [2.45, 2.75) is 13.8 Å². The minimum Gasteiger partial charge on any atom is -0.504 e. The molecule has 0 atom stereocenters. The minimum absolute atomic E-state index is 0.00716. The van der Waals surface area contributed by atoms with Crippen LogP contribution in [0.15, 0.2) is 85.5 Å². The number of rotatable bonds is 12. The van der Waals surface area contributed by atoms with E-state index in [9.17, 15) is 14.8 Å². The second-order valence-electron chi connectivity index (χ2n) is 8.28. The Kier molecular flexibility index (Phi) is 9.80. The summed E-state index contributed by atoms with van der Waals surface area (Å²) in [7, 11) is -3.18. The van der Waals surface area contributed by atoms with Crippen molar-refractivity contribution in [2.75, 3.05) is 13.2 Å². The molecule has 2 aromatic carbocycles. The number of hydrogen-bond donors (Lipinski definition) is 2. The monoisotopic (exact) mass is 560 g/mol. The van der Waals surface area contributed by atoms with Gasteiger partial charge in [0.25, 0.3) is 0 Å². The second kappa shape index (κ2) is 13.9. The number of hydrogen-bond acceptors (Lipinski definition) is 9. The predicted octanol–water partition coefficient (Wildman–Crippen LogP) is 6.80. The summed E-state index contributed by atoms with van der Waals surface area (Å²) in [6.07, 6.45) is 9.71. The average Bonchev–Trinajstić information content (AvgIpc) is 2.97. The quantitative estimate of drug-likeness (QED) is 0.142. The number of phenols is 2. The highest BCUT2D eigenvalue weighted by Crippen LogP contribution is 2.40. The molecule has 0 aliphatic carbocycles. The Morgan fingerprint density at radius 3 is 1.57 bits per heavy atom. The number of aromatic hydroxyl groups is 2. The van der Waals surface area contributed by atoms with Crippen LogP contribution in [0.25, 0.3) is 23.7 Å². The molecule has 206 valence electrons. The third-order valence-corrected chi connectivity index (χ3v) is 6.21. The second-order valence-corrected chi connectivity index (χ2v) is 9.18. The summed E-state index contributed by atoms with van der Waals surface area (Å²) in [6.45, 7) is 4.40. The van der Waals surface area contributed by atoms with Crippen molar-refractivity contribution in [1.82, 2.24) is 9.97 Å². The van der Waals surface area contributed by atoms with E-state index in [0.717, 1.165) is 0 Å². The van der Waals surface area contributed by atoms with Crippen LogP contribution in [0.4, 0.5) is 0 Å². The molecule has 0 fully saturated rings.